The molecule has 0 aliphatic carbocycles. The molecule has 0 fully saturated rings. The van der Waals surface area contributed by atoms with Crippen molar-refractivity contribution in [2.24, 2.45) is 0 Å². The summed E-state index contributed by atoms with van der Waals surface area (Å²) < 4.78 is 5.12. The fourth-order valence-corrected chi connectivity index (χ4v) is 3.17. The number of nitrogens with zero attached hydrogens (tertiary/aromatic N) is 2. The van der Waals surface area contributed by atoms with Crippen LogP contribution >= 0.6 is 0 Å². The van der Waals surface area contributed by atoms with Gasteiger partial charge in [0.1, 0.15) is 6.54 Å². The highest BCUT2D eigenvalue weighted by Crippen LogP contribution is 2.36. The van der Waals surface area contributed by atoms with Crippen LogP contribution in [0.4, 0.5) is 5.69 Å². The van der Waals surface area contributed by atoms with Crippen LogP contribution in [0.3, 0.4) is 0 Å². The van der Waals surface area contributed by atoms with E-state index in [-0.39, 0.29) is 36.4 Å². The fraction of sp³-hybridized carbons (Fsp3) is 0.250. The van der Waals surface area contributed by atoms with Crippen LogP contribution in [-0.4, -0.2) is 48.7 Å². The predicted octanol–water partition coefficient (Wildman–Crippen LogP) is 2.21. The summed E-state index contributed by atoms with van der Waals surface area (Å²) in [6.45, 7) is 0.178. The zero-order valence-corrected chi connectivity index (χ0v) is 15.2. The highest BCUT2D eigenvalue weighted by molar-refractivity contribution is 6.10. The van der Waals surface area contributed by atoms with Crippen LogP contribution in [0.5, 0.6) is 11.5 Å². The Bertz CT molecular complexity index is 910. The molecule has 1 aliphatic rings. The number of benzene rings is 2. The smallest absolute Gasteiger partial charge is 0.256 e. The maximum absolute atomic E-state index is 13.1. The Morgan fingerprint density at radius 2 is 1.93 bits per heavy atom. The Hall–Kier alpha value is -3.35. The van der Waals surface area contributed by atoms with Gasteiger partial charge in [-0.05, 0) is 23.4 Å². The molecule has 2 aromatic carbocycles. The van der Waals surface area contributed by atoms with Crippen molar-refractivity contribution in [2.45, 2.75) is 13.0 Å². The monoisotopic (exact) mass is 367 g/mol. The number of anilines is 1. The Morgan fingerprint density at radius 3 is 2.59 bits per heavy atom. The summed E-state index contributed by atoms with van der Waals surface area (Å²) >= 11 is 0. The first kappa shape index (κ1) is 18.4. The van der Waals surface area contributed by atoms with Gasteiger partial charge in [-0.25, -0.2) is 0 Å². The van der Waals surface area contributed by atoms with E-state index in [0.29, 0.717) is 17.7 Å². The predicted molar refractivity (Wildman–Crippen MR) is 102 cm³/mol. The summed E-state index contributed by atoms with van der Waals surface area (Å²) in [6, 6.07) is 10.4. The first-order chi connectivity index (χ1) is 13.0. The van der Waals surface area contributed by atoms with Gasteiger partial charge >= 0.3 is 0 Å². The molecular formula is C20H21N3O4. The van der Waals surface area contributed by atoms with Gasteiger partial charge in [-0.3, -0.25) is 9.59 Å². The second-order valence-corrected chi connectivity index (χ2v) is 6.33. The van der Waals surface area contributed by atoms with Crippen molar-refractivity contribution in [1.82, 2.24) is 4.90 Å². The van der Waals surface area contributed by atoms with Gasteiger partial charge in [0.25, 0.3) is 5.91 Å². The van der Waals surface area contributed by atoms with Crippen molar-refractivity contribution >= 4 is 23.7 Å². The molecule has 140 valence electrons. The number of likely N-dealkylation sites (N-methyl/N-ethyl adjacent to an activating group) is 1. The summed E-state index contributed by atoms with van der Waals surface area (Å²) in [5, 5.41) is 17.4. The molecule has 1 heterocycles. The number of amides is 2. The number of carbonyl (C=O) groups is 2. The molecule has 0 saturated carbocycles. The molecule has 1 aliphatic heterocycles. The summed E-state index contributed by atoms with van der Waals surface area (Å²) in [4.78, 5) is 28.6. The van der Waals surface area contributed by atoms with E-state index in [2.05, 4.69) is 0 Å². The molecule has 0 radical (unpaired) electrons. The van der Waals surface area contributed by atoms with Crippen LogP contribution < -0.4 is 9.64 Å². The summed E-state index contributed by atoms with van der Waals surface area (Å²) in [5.74, 6) is -0.524. The Kier molecular flexibility index (Phi) is 5.12. The molecule has 0 bridgehead atoms. The van der Waals surface area contributed by atoms with Crippen LogP contribution in [-0.2, 0) is 17.8 Å². The number of aromatic hydroxyl groups is 1. The molecule has 0 unspecified atom stereocenters. The molecule has 7 nitrogen and oxygen atoms in total. The van der Waals surface area contributed by atoms with E-state index in [4.69, 9.17) is 10.1 Å². The molecule has 3 rings (SSSR count). The quantitative estimate of drug-likeness (QED) is 0.793. The third-order valence-electron chi connectivity index (χ3n) is 4.68. The molecule has 0 spiro atoms. The van der Waals surface area contributed by atoms with Gasteiger partial charge < -0.3 is 25.1 Å². The van der Waals surface area contributed by atoms with Crippen molar-refractivity contribution in [3.8, 4) is 11.5 Å². The molecule has 2 amide bonds. The number of nitrogens with one attached hydrogen (secondary N) is 1. The average molecular weight is 367 g/mol. The number of methoxy groups -OCH3 is 1. The van der Waals surface area contributed by atoms with Gasteiger partial charge in [0.05, 0.1) is 18.4 Å². The third kappa shape index (κ3) is 3.48. The Labute approximate surface area is 157 Å². The topological polar surface area (TPSA) is 93.9 Å². The standard InChI is InChI=1S/C20H21N3O4/c1-22-16-10-17(24)18(27-2)9-15(16)20(26)23(12-19(22)25)11-14-6-4-3-5-13(14)7-8-21/h3-6,8-10,21,24H,7,11-12H2,1-2H3. The van der Waals surface area contributed by atoms with E-state index < -0.39 is 0 Å². The van der Waals surface area contributed by atoms with Gasteiger partial charge in [-0.1, -0.05) is 24.3 Å². The Morgan fingerprint density at radius 1 is 1.22 bits per heavy atom. The molecule has 27 heavy (non-hydrogen) atoms. The second-order valence-electron chi connectivity index (χ2n) is 6.33. The number of phenolic OH excluding ortho intramolecular Hbond substituents is 1. The van der Waals surface area contributed by atoms with E-state index in [1.807, 2.05) is 24.3 Å². The largest absolute Gasteiger partial charge is 0.504 e. The van der Waals surface area contributed by atoms with Crippen molar-refractivity contribution in [3.63, 3.8) is 0 Å². The molecule has 2 aromatic rings. The van der Waals surface area contributed by atoms with Crippen molar-refractivity contribution in [3.05, 3.63) is 53.1 Å². The van der Waals surface area contributed by atoms with Gasteiger partial charge in [0.15, 0.2) is 11.5 Å². The number of hydrogen-bond acceptors (Lipinski definition) is 5. The number of hydrogen-bond donors (Lipinski definition) is 2. The lowest BCUT2D eigenvalue weighted by Gasteiger charge is -2.21. The molecule has 0 saturated heterocycles. The summed E-state index contributed by atoms with van der Waals surface area (Å²) in [6.07, 6.45) is 1.77. The molecule has 0 atom stereocenters. The van der Waals surface area contributed by atoms with Crippen molar-refractivity contribution in [2.75, 3.05) is 25.6 Å². The zero-order valence-electron chi connectivity index (χ0n) is 15.2. The van der Waals surface area contributed by atoms with Gasteiger partial charge in [-0.15, -0.1) is 0 Å². The van der Waals surface area contributed by atoms with Crippen LogP contribution in [0, 0.1) is 5.41 Å². The Balaban J connectivity index is 2.03. The minimum absolute atomic E-state index is 0.0774. The van der Waals surface area contributed by atoms with E-state index in [0.717, 1.165) is 11.1 Å². The van der Waals surface area contributed by atoms with Crippen LogP contribution in [0.1, 0.15) is 21.5 Å². The number of ether oxygens (including phenoxy) is 1. The van der Waals surface area contributed by atoms with Gasteiger partial charge in [-0.2, -0.15) is 0 Å². The zero-order chi connectivity index (χ0) is 19.6. The van der Waals surface area contributed by atoms with E-state index in [1.165, 1.54) is 35.3 Å². The fourth-order valence-electron chi connectivity index (χ4n) is 3.17. The van der Waals surface area contributed by atoms with Gasteiger partial charge in [0.2, 0.25) is 5.91 Å². The van der Waals surface area contributed by atoms with E-state index in [9.17, 15) is 14.7 Å². The SMILES string of the molecule is COc1cc2c(cc1O)N(C)C(=O)CN(Cc1ccccc1CC=N)C2=O. The number of carbonyl (C=O) groups excluding carboxylic acids is 2. The number of fused-ring (bicyclic) bond motifs is 1. The van der Waals surface area contributed by atoms with Crippen LogP contribution in [0.25, 0.3) is 0 Å². The highest BCUT2D eigenvalue weighted by atomic mass is 16.5. The lowest BCUT2D eigenvalue weighted by Crippen LogP contribution is -2.37. The van der Waals surface area contributed by atoms with Crippen molar-refractivity contribution in [1.29, 1.82) is 5.41 Å². The molecule has 2 N–H and O–H groups in total. The van der Waals surface area contributed by atoms with Crippen molar-refractivity contribution < 1.29 is 19.4 Å². The minimum atomic E-state index is -0.314. The van der Waals surface area contributed by atoms with Crippen LogP contribution in [0.2, 0.25) is 0 Å². The average Bonchev–Trinajstić information content (AvgIpc) is 2.74. The summed E-state index contributed by atoms with van der Waals surface area (Å²) in [5.41, 5.74) is 2.47. The first-order valence-electron chi connectivity index (χ1n) is 8.48. The van der Waals surface area contributed by atoms with Crippen LogP contribution in [0.15, 0.2) is 36.4 Å². The second kappa shape index (κ2) is 7.49. The maximum Gasteiger partial charge on any atom is 0.256 e. The highest BCUT2D eigenvalue weighted by Gasteiger charge is 2.31. The number of rotatable bonds is 5. The summed E-state index contributed by atoms with van der Waals surface area (Å²) in [7, 11) is 2.98. The molecule has 0 aromatic heterocycles. The third-order valence-corrected chi connectivity index (χ3v) is 4.68. The molecule has 7 heteroatoms. The molecular weight excluding hydrogens is 346 g/mol. The van der Waals surface area contributed by atoms with Gasteiger partial charge in [0, 0.05) is 26.1 Å². The van der Waals surface area contributed by atoms with E-state index in [1.54, 1.807) is 7.05 Å². The lowest BCUT2D eigenvalue weighted by atomic mass is 10.0. The minimum Gasteiger partial charge on any atom is -0.504 e. The van der Waals surface area contributed by atoms with E-state index >= 15 is 0 Å². The lowest BCUT2D eigenvalue weighted by molar-refractivity contribution is -0.118. The first-order valence-corrected chi connectivity index (χ1v) is 8.48. The maximum atomic E-state index is 13.1. The normalized spacial score (nSPS) is 14.0. The number of phenols is 1.